The lowest BCUT2D eigenvalue weighted by atomic mass is 9.99. The second kappa shape index (κ2) is 6.32. The molecule has 2 fully saturated rings. The zero-order valence-electron chi connectivity index (χ0n) is 11.2. The van der Waals surface area contributed by atoms with Crippen LogP contribution in [0.25, 0.3) is 0 Å². The molecule has 0 radical (unpaired) electrons. The molecule has 108 valence electrons. The Labute approximate surface area is 141 Å². The number of nitrogens with one attached hydrogen (secondary N) is 1. The molecule has 2 aliphatic heterocycles. The van der Waals surface area contributed by atoms with E-state index in [2.05, 4.69) is 48.7 Å². The van der Waals surface area contributed by atoms with E-state index in [0.717, 1.165) is 26.6 Å². The number of carbonyl (C=O) groups excluding carboxylic acids is 1. The van der Waals surface area contributed by atoms with E-state index in [1.165, 1.54) is 25.8 Å². The molecular weight excluding hydrogens is 431 g/mol. The molecule has 0 bridgehead atoms. The molecule has 0 spiro atoms. The number of amides is 1. The van der Waals surface area contributed by atoms with Crippen LogP contribution >= 0.6 is 38.5 Å². The molecule has 2 atom stereocenters. The van der Waals surface area contributed by atoms with Crippen LogP contribution in [0.3, 0.4) is 0 Å². The van der Waals surface area contributed by atoms with Gasteiger partial charge in [-0.05, 0) is 82.5 Å². The third kappa shape index (κ3) is 3.04. The molecule has 5 heteroatoms. The first-order chi connectivity index (χ1) is 9.65. The summed E-state index contributed by atoms with van der Waals surface area (Å²) in [5.74, 6) is 0.0489. The Morgan fingerprint density at radius 2 is 2.15 bits per heavy atom. The van der Waals surface area contributed by atoms with Gasteiger partial charge in [0.25, 0.3) is 5.91 Å². The number of halogens is 2. The molecule has 1 amide bonds. The van der Waals surface area contributed by atoms with Gasteiger partial charge in [-0.15, -0.1) is 0 Å². The molecule has 2 heterocycles. The number of nitrogens with zero attached hydrogens (tertiary/aromatic N) is 1. The van der Waals surface area contributed by atoms with Gasteiger partial charge in [0.1, 0.15) is 0 Å². The molecule has 2 unspecified atom stereocenters. The van der Waals surface area contributed by atoms with E-state index < -0.39 is 0 Å². The van der Waals surface area contributed by atoms with Crippen LogP contribution in [0.2, 0.25) is 0 Å². The van der Waals surface area contributed by atoms with E-state index in [1.54, 1.807) is 0 Å². The fourth-order valence-corrected chi connectivity index (χ4v) is 4.25. The summed E-state index contributed by atoms with van der Waals surface area (Å²) in [6.45, 7) is 2.33. The van der Waals surface area contributed by atoms with E-state index in [9.17, 15) is 4.79 Å². The van der Waals surface area contributed by atoms with Crippen molar-refractivity contribution in [3.8, 4) is 0 Å². The zero-order valence-corrected chi connectivity index (χ0v) is 15.0. The molecule has 1 aromatic carbocycles. The van der Waals surface area contributed by atoms with E-state index in [0.29, 0.717) is 12.1 Å². The van der Waals surface area contributed by atoms with Gasteiger partial charge in [-0.1, -0.05) is 6.42 Å². The third-order valence-corrected chi connectivity index (χ3v) is 5.71. The second-order valence-electron chi connectivity index (χ2n) is 5.59. The maximum Gasteiger partial charge on any atom is 0.252 e. The first kappa shape index (κ1) is 14.8. The van der Waals surface area contributed by atoms with Crippen LogP contribution in [-0.4, -0.2) is 36.0 Å². The Balaban J connectivity index is 1.71. The van der Waals surface area contributed by atoms with Gasteiger partial charge >= 0.3 is 0 Å². The minimum atomic E-state index is 0.0489. The maximum atomic E-state index is 12.5. The largest absolute Gasteiger partial charge is 0.348 e. The number of hydrogen-bond acceptors (Lipinski definition) is 2. The number of rotatable bonds is 2. The molecule has 1 aromatic rings. The highest BCUT2D eigenvalue weighted by Gasteiger charge is 2.36. The molecule has 2 aliphatic rings. The molecular formula is C15H18BrIN2O. The Kier molecular flexibility index (Phi) is 4.67. The standard InChI is InChI=1S/C15H18BrIN2O/c16-12-5-4-10(17)9-11(12)15(20)18-13-6-8-19-7-2-1-3-14(13)19/h4-5,9,13-14H,1-3,6-8H2,(H,18,20). The van der Waals surface area contributed by atoms with Crippen LogP contribution in [0.15, 0.2) is 22.7 Å². The van der Waals surface area contributed by atoms with Gasteiger partial charge < -0.3 is 5.32 Å². The van der Waals surface area contributed by atoms with Crippen LogP contribution < -0.4 is 5.32 Å². The molecule has 20 heavy (non-hydrogen) atoms. The average molecular weight is 449 g/mol. The Morgan fingerprint density at radius 1 is 1.30 bits per heavy atom. The van der Waals surface area contributed by atoms with Gasteiger partial charge in [-0.3, -0.25) is 9.69 Å². The van der Waals surface area contributed by atoms with E-state index in [4.69, 9.17) is 0 Å². The summed E-state index contributed by atoms with van der Waals surface area (Å²) in [4.78, 5) is 15.0. The number of piperidine rings is 1. The van der Waals surface area contributed by atoms with E-state index in [1.807, 2.05) is 18.2 Å². The molecule has 0 saturated carbocycles. The summed E-state index contributed by atoms with van der Waals surface area (Å²) in [6, 6.07) is 6.74. The van der Waals surface area contributed by atoms with Crippen LogP contribution in [0, 0.1) is 3.57 Å². The summed E-state index contributed by atoms with van der Waals surface area (Å²) in [5.41, 5.74) is 0.742. The summed E-state index contributed by atoms with van der Waals surface area (Å²) < 4.78 is 1.95. The van der Waals surface area contributed by atoms with Crippen molar-refractivity contribution < 1.29 is 4.79 Å². The first-order valence-electron chi connectivity index (χ1n) is 7.15. The summed E-state index contributed by atoms with van der Waals surface area (Å²) in [6.07, 6.45) is 4.90. The molecule has 0 aliphatic carbocycles. The number of fused-ring (bicyclic) bond motifs is 1. The Bertz CT molecular complexity index is 523. The normalized spacial score (nSPS) is 26.3. The lowest BCUT2D eigenvalue weighted by Gasteiger charge is -2.32. The molecule has 3 nitrogen and oxygen atoms in total. The molecule has 3 rings (SSSR count). The minimum Gasteiger partial charge on any atom is -0.348 e. The van der Waals surface area contributed by atoms with Crippen molar-refractivity contribution in [2.45, 2.75) is 37.8 Å². The highest BCUT2D eigenvalue weighted by molar-refractivity contribution is 14.1. The van der Waals surface area contributed by atoms with Gasteiger partial charge in [0, 0.05) is 26.7 Å². The zero-order chi connectivity index (χ0) is 14.1. The van der Waals surface area contributed by atoms with Gasteiger partial charge in [0.2, 0.25) is 0 Å². The van der Waals surface area contributed by atoms with Gasteiger partial charge in [0.15, 0.2) is 0 Å². The monoisotopic (exact) mass is 448 g/mol. The van der Waals surface area contributed by atoms with E-state index >= 15 is 0 Å². The Morgan fingerprint density at radius 3 is 3.00 bits per heavy atom. The predicted octanol–water partition coefficient (Wildman–Crippen LogP) is 3.41. The van der Waals surface area contributed by atoms with Gasteiger partial charge in [-0.25, -0.2) is 0 Å². The average Bonchev–Trinajstić information content (AvgIpc) is 2.85. The summed E-state index contributed by atoms with van der Waals surface area (Å²) >= 11 is 5.72. The lowest BCUT2D eigenvalue weighted by Crippen LogP contribution is -2.46. The topological polar surface area (TPSA) is 32.3 Å². The number of hydrogen-bond donors (Lipinski definition) is 1. The molecule has 2 saturated heterocycles. The van der Waals surface area contributed by atoms with Crippen molar-refractivity contribution in [1.82, 2.24) is 10.2 Å². The number of benzene rings is 1. The van der Waals surface area contributed by atoms with Crippen molar-refractivity contribution in [2.24, 2.45) is 0 Å². The van der Waals surface area contributed by atoms with Crippen molar-refractivity contribution >= 4 is 44.4 Å². The summed E-state index contributed by atoms with van der Waals surface area (Å²) in [5, 5.41) is 3.25. The SMILES string of the molecule is O=C(NC1CCN2CCCCC12)c1cc(I)ccc1Br. The van der Waals surface area contributed by atoms with Crippen LogP contribution in [-0.2, 0) is 0 Å². The predicted molar refractivity (Wildman–Crippen MR) is 91.9 cm³/mol. The van der Waals surface area contributed by atoms with Crippen molar-refractivity contribution in [2.75, 3.05) is 13.1 Å². The molecule has 0 aromatic heterocycles. The van der Waals surface area contributed by atoms with Gasteiger partial charge in [-0.2, -0.15) is 0 Å². The van der Waals surface area contributed by atoms with Crippen molar-refractivity contribution in [1.29, 1.82) is 0 Å². The van der Waals surface area contributed by atoms with E-state index in [-0.39, 0.29) is 5.91 Å². The second-order valence-corrected chi connectivity index (χ2v) is 7.69. The third-order valence-electron chi connectivity index (χ3n) is 4.35. The minimum absolute atomic E-state index is 0.0489. The lowest BCUT2D eigenvalue weighted by molar-refractivity contribution is 0.0914. The van der Waals surface area contributed by atoms with Crippen LogP contribution in [0.5, 0.6) is 0 Å². The number of carbonyl (C=O) groups is 1. The molecule has 1 N–H and O–H groups in total. The Hall–Kier alpha value is -0.140. The smallest absolute Gasteiger partial charge is 0.252 e. The van der Waals surface area contributed by atoms with Crippen LogP contribution in [0.1, 0.15) is 36.0 Å². The van der Waals surface area contributed by atoms with Crippen molar-refractivity contribution in [3.63, 3.8) is 0 Å². The first-order valence-corrected chi connectivity index (χ1v) is 9.02. The summed E-state index contributed by atoms with van der Waals surface area (Å²) in [7, 11) is 0. The quantitative estimate of drug-likeness (QED) is 0.703. The fraction of sp³-hybridized carbons (Fsp3) is 0.533. The maximum absolute atomic E-state index is 12.5. The fourth-order valence-electron chi connectivity index (χ4n) is 3.33. The van der Waals surface area contributed by atoms with Gasteiger partial charge in [0.05, 0.1) is 5.56 Å². The highest BCUT2D eigenvalue weighted by atomic mass is 127. The highest BCUT2D eigenvalue weighted by Crippen LogP contribution is 2.28. The van der Waals surface area contributed by atoms with Crippen LogP contribution in [0.4, 0.5) is 0 Å². The van der Waals surface area contributed by atoms with Crippen molar-refractivity contribution in [3.05, 3.63) is 31.8 Å².